The van der Waals surface area contributed by atoms with Crippen LogP contribution in [0.25, 0.3) is 11.2 Å². The number of hydrogen-bond donors (Lipinski definition) is 3. The summed E-state index contributed by atoms with van der Waals surface area (Å²) in [6.07, 6.45) is 0.912. The van der Waals surface area contributed by atoms with Crippen molar-refractivity contribution in [2.45, 2.75) is 37.5 Å². The van der Waals surface area contributed by atoms with E-state index < -0.39 is 23.2 Å². The van der Waals surface area contributed by atoms with Gasteiger partial charge < -0.3 is 20.5 Å². The second-order valence-corrected chi connectivity index (χ2v) is 6.01. The summed E-state index contributed by atoms with van der Waals surface area (Å²) < 4.78 is 15.0. The Morgan fingerprint density at radius 3 is 2.85 bits per heavy atom. The number of imidazole rings is 1. The van der Waals surface area contributed by atoms with Crippen LogP contribution in [0.4, 0.5) is 10.2 Å². The number of halogens is 1. The number of aromatic nitrogens is 4. The molecule has 8 heteroatoms. The van der Waals surface area contributed by atoms with Crippen LogP contribution in [-0.4, -0.2) is 41.4 Å². The largest absolute Gasteiger partial charge is 0.389 e. The normalized spacial score (nSPS) is 39.2. The summed E-state index contributed by atoms with van der Waals surface area (Å²) in [6, 6.07) is -0.0906. The van der Waals surface area contributed by atoms with Crippen molar-refractivity contribution in [3.05, 3.63) is 12.4 Å². The molecule has 2 saturated carbocycles. The van der Waals surface area contributed by atoms with Crippen molar-refractivity contribution in [2.75, 3.05) is 5.73 Å². The maximum atomic E-state index is 13.3. The van der Waals surface area contributed by atoms with Crippen LogP contribution in [-0.2, 0) is 0 Å². The van der Waals surface area contributed by atoms with E-state index >= 15 is 0 Å². The number of nitrogen functional groups attached to an aromatic ring is 1. The van der Waals surface area contributed by atoms with Gasteiger partial charge in [-0.1, -0.05) is 6.92 Å². The van der Waals surface area contributed by atoms with E-state index in [0.29, 0.717) is 24.0 Å². The molecule has 2 aromatic heterocycles. The first-order chi connectivity index (χ1) is 9.37. The third-order valence-electron chi connectivity index (χ3n) is 4.98. The van der Waals surface area contributed by atoms with Gasteiger partial charge in [0.2, 0.25) is 0 Å². The van der Waals surface area contributed by atoms with Crippen LogP contribution in [0.2, 0.25) is 0 Å². The SMILES string of the molecule is C[C@]12C[C@@H](n3cnc4c(N)nc(F)nc43)C[C@@]1(O)C2O. The van der Waals surface area contributed by atoms with E-state index in [1.807, 2.05) is 6.92 Å². The van der Waals surface area contributed by atoms with Crippen molar-refractivity contribution in [2.24, 2.45) is 5.41 Å². The third kappa shape index (κ3) is 1.19. The Morgan fingerprint density at radius 1 is 1.45 bits per heavy atom. The fourth-order valence-corrected chi connectivity index (χ4v) is 3.64. The number of nitrogens with two attached hydrogens (primary N) is 1. The number of aliphatic hydroxyl groups is 2. The molecule has 2 aromatic rings. The Morgan fingerprint density at radius 2 is 2.20 bits per heavy atom. The summed E-state index contributed by atoms with van der Waals surface area (Å²) >= 11 is 0. The molecule has 0 spiro atoms. The smallest absolute Gasteiger partial charge is 0.312 e. The minimum Gasteiger partial charge on any atom is -0.389 e. The van der Waals surface area contributed by atoms with E-state index in [1.165, 1.54) is 6.33 Å². The van der Waals surface area contributed by atoms with E-state index in [9.17, 15) is 14.6 Å². The van der Waals surface area contributed by atoms with Crippen molar-refractivity contribution < 1.29 is 14.6 Å². The van der Waals surface area contributed by atoms with Crippen LogP contribution in [0, 0.1) is 11.5 Å². The van der Waals surface area contributed by atoms with Crippen molar-refractivity contribution in [3.63, 3.8) is 0 Å². The summed E-state index contributed by atoms with van der Waals surface area (Å²) in [5.41, 5.74) is 4.72. The maximum Gasteiger partial charge on any atom is 0.312 e. The summed E-state index contributed by atoms with van der Waals surface area (Å²) in [7, 11) is 0. The molecule has 0 amide bonds. The van der Waals surface area contributed by atoms with E-state index in [1.54, 1.807) is 4.57 Å². The molecule has 0 aromatic carbocycles. The molecular formula is C12H14FN5O2. The first-order valence-electron chi connectivity index (χ1n) is 6.43. The molecule has 0 aliphatic heterocycles. The summed E-state index contributed by atoms with van der Waals surface area (Å²) in [5, 5.41) is 20.1. The van der Waals surface area contributed by atoms with Crippen LogP contribution in [0.1, 0.15) is 25.8 Å². The molecule has 1 unspecified atom stereocenters. The number of fused-ring (bicyclic) bond motifs is 2. The van der Waals surface area contributed by atoms with E-state index in [2.05, 4.69) is 15.0 Å². The van der Waals surface area contributed by atoms with Gasteiger partial charge in [0.05, 0.1) is 12.4 Å². The van der Waals surface area contributed by atoms with Crippen LogP contribution in [0.3, 0.4) is 0 Å². The minimum absolute atomic E-state index is 0.000588. The second kappa shape index (κ2) is 3.26. The van der Waals surface area contributed by atoms with Gasteiger partial charge in [0.25, 0.3) is 0 Å². The van der Waals surface area contributed by atoms with E-state index in [0.717, 1.165) is 0 Å². The average molecular weight is 279 g/mol. The lowest BCUT2D eigenvalue weighted by atomic mass is 10.0. The summed E-state index contributed by atoms with van der Waals surface area (Å²) in [4.78, 5) is 11.3. The minimum atomic E-state index is -1.06. The number of anilines is 1. The van der Waals surface area contributed by atoms with E-state index in [4.69, 9.17) is 5.73 Å². The molecule has 4 atom stereocenters. The molecule has 2 aliphatic carbocycles. The van der Waals surface area contributed by atoms with Gasteiger partial charge in [0, 0.05) is 17.9 Å². The first kappa shape index (κ1) is 12.0. The number of aliphatic hydroxyl groups excluding tert-OH is 1. The first-order valence-corrected chi connectivity index (χ1v) is 6.43. The van der Waals surface area contributed by atoms with Crippen LogP contribution in [0.15, 0.2) is 6.33 Å². The highest BCUT2D eigenvalue weighted by Gasteiger charge is 2.77. The zero-order valence-electron chi connectivity index (χ0n) is 10.8. The highest BCUT2D eigenvalue weighted by Crippen LogP contribution is 2.69. The molecule has 0 bridgehead atoms. The lowest BCUT2D eigenvalue weighted by Gasteiger charge is -2.17. The van der Waals surface area contributed by atoms with Gasteiger partial charge in [0.15, 0.2) is 11.5 Å². The summed E-state index contributed by atoms with van der Waals surface area (Å²) in [6.45, 7) is 1.85. The number of nitrogens with zero attached hydrogens (tertiary/aromatic N) is 4. The molecule has 7 nitrogen and oxygen atoms in total. The second-order valence-electron chi connectivity index (χ2n) is 6.01. The lowest BCUT2D eigenvalue weighted by Crippen LogP contribution is -2.18. The quantitative estimate of drug-likeness (QED) is 0.633. The monoisotopic (exact) mass is 279 g/mol. The molecule has 4 rings (SSSR count). The Balaban J connectivity index is 1.78. The van der Waals surface area contributed by atoms with Gasteiger partial charge in [0.1, 0.15) is 11.1 Å². The predicted molar refractivity (Wildman–Crippen MR) is 67.0 cm³/mol. The number of rotatable bonds is 1. The molecule has 106 valence electrons. The standard InChI is InChI=1S/C12H14FN5O2/c1-11-2-5(3-12(11,20)9(11)19)18-4-15-6-7(14)16-10(13)17-8(6)18/h4-5,9,19-20H,2-3H2,1H3,(H2,14,16,17)/t5-,9?,11-,12-/m1/s1. The highest BCUT2D eigenvalue weighted by atomic mass is 19.1. The molecule has 2 fully saturated rings. The summed E-state index contributed by atoms with van der Waals surface area (Å²) in [5.74, 6) is -0.000588. The van der Waals surface area contributed by atoms with Gasteiger partial charge in [-0.05, 0) is 6.42 Å². The molecular weight excluding hydrogens is 265 g/mol. The predicted octanol–water partition coefficient (Wildman–Crippen LogP) is -0.00560. The van der Waals surface area contributed by atoms with Crippen molar-refractivity contribution in [1.82, 2.24) is 19.5 Å². The van der Waals surface area contributed by atoms with Gasteiger partial charge in [-0.3, -0.25) is 0 Å². The van der Waals surface area contributed by atoms with Gasteiger partial charge in [-0.15, -0.1) is 0 Å². The number of hydrogen-bond acceptors (Lipinski definition) is 6. The van der Waals surface area contributed by atoms with Crippen molar-refractivity contribution >= 4 is 17.0 Å². The molecule has 20 heavy (non-hydrogen) atoms. The molecule has 2 heterocycles. The van der Waals surface area contributed by atoms with Crippen LogP contribution in [0.5, 0.6) is 0 Å². The van der Waals surface area contributed by atoms with Crippen molar-refractivity contribution in [1.29, 1.82) is 0 Å². The Kier molecular flexibility index (Phi) is 1.95. The maximum absolute atomic E-state index is 13.3. The fourth-order valence-electron chi connectivity index (χ4n) is 3.64. The van der Waals surface area contributed by atoms with E-state index in [-0.39, 0.29) is 11.9 Å². The van der Waals surface area contributed by atoms with Crippen LogP contribution >= 0.6 is 0 Å². The third-order valence-corrected chi connectivity index (χ3v) is 4.98. The van der Waals surface area contributed by atoms with Crippen molar-refractivity contribution in [3.8, 4) is 0 Å². The van der Waals surface area contributed by atoms with Gasteiger partial charge in [-0.2, -0.15) is 14.4 Å². The molecule has 0 radical (unpaired) electrons. The Hall–Kier alpha value is -1.80. The zero-order valence-corrected chi connectivity index (χ0v) is 10.8. The van der Waals surface area contributed by atoms with Gasteiger partial charge in [-0.25, -0.2) is 4.98 Å². The Labute approximate surface area is 113 Å². The average Bonchev–Trinajstić information content (AvgIpc) is 2.78. The molecule has 0 saturated heterocycles. The highest BCUT2D eigenvalue weighted by molar-refractivity contribution is 5.81. The zero-order chi connectivity index (χ0) is 14.3. The fraction of sp³-hybridized carbons (Fsp3) is 0.583. The Bertz CT molecular complexity index is 716. The lowest BCUT2D eigenvalue weighted by molar-refractivity contribution is 0.0722. The topological polar surface area (TPSA) is 110 Å². The molecule has 2 aliphatic rings. The molecule has 4 N–H and O–H groups in total. The van der Waals surface area contributed by atoms with Crippen LogP contribution < -0.4 is 5.73 Å². The van der Waals surface area contributed by atoms with Gasteiger partial charge >= 0.3 is 6.08 Å².